The van der Waals surface area contributed by atoms with Crippen LogP contribution in [0.15, 0.2) is 28.0 Å². The summed E-state index contributed by atoms with van der Waals surface area (Å²) in [4.78, 5) is 25.4. The number of ether oxygens (including phenoxy) is 1. The number of nitrogens with zero attached hydrogens (tertiary/aromatic N) is 1. The third kappa shape index (κ3) is 9.29. The number of carbonyl (C=O) groups is 2. The predicted octanol–water partition coefficient (Wildman–Crippen LogP) is 4.98. The fourth-order valence-corrected chi connectivity index (χ4v) is 5.47. The molecule has 32 heavy (non-hydrogen) atoms. The average molecular weight is 482 g/mol. The molecule has 1 saturated carbocycles. The zero-order valence-electron chi connectivity index (χ0n) is 18.9. The Morgan fingerprint density at radius 1 is 1.22 bits per heavy atom. The van der Waals surface area contributed by atoms with Crippen molar-refractivity contribution in [1.29, 1.82) is 5.26 Å². The van der Waals surface area contributed by atoms with E-state index in [0.717, 1.165) is 36.3 Å². The summed E-state index contributed by atoms with van der Waals surface area (Å²) in [5.41, 5.74) is -0.547. The maximum Gasteiger partial charge on any atom is 0.407 e. The second kappa shape index (κ2) is 12.9. The Bertz CT molecular complexity index is 824. The minimum Gasteiger partial charge on any atom is -0.444 e. The third-order valence-corrected chi connectivity index (χ3v) is 7.22. The number of benzene rings is 1. The van der Waals surface area contributed by atoms with Crippen LogP contribution in [-0.4, -0.2) is 42.2 Å². The molecule has 0 aliphatic heterocycles. The number of carbonyl (C=O) groups excluding carboxylic acids is 2. The average Bonchev–Trinajstić information content (AvgIpc) is 2.73. The van der Waals surface area contributed by atoms with Crippen LogP contribution in [0.2, 0.25) is 0 Å². The largest absolute Gasteiger partial charge is 0.444 e. The highest BCUT2D eigenvalue weighted by atomic mass is 32.2. The maximum atomic E-state index is 14.5. The molecule has 9 heteroatoms. The number of thioether (sulfide) groups is 2. The minimum absolute atomic E-state index is 0.0346. The van der Waals surface area contributed by atoms with Gasteiger partial charge in [0.1, 0.15) is 18.0 Å². The normalized spacial score (nSPS) is 18.5. The molecule has 1 fully saturated rings. The Labute approximate surface area is 198 Å². The number of hydrogen-bond acceptors (Lipinski definition) is 6. The molecule has 1 aliphatic carbocycles. The van der Waals surface area contributed by atoms with Gasteiger partial charge in [0.15, 0.2) is 0 Å². The molecular formula is C23H32FN3O3S2. The molecule has 6 nitrogen and oxygen atoms in total. The second-order valence-electron chi connectivity index (χ2n) is 8.71. The zero-order chi connectivity index (χ0) is 23.6. The molecule has 1 aliphatic rings. The Morgan fingerprint density at radius 3 is 2.66 bits per heavy atom. The monoisotopic (exact) mass is 481 g/mol. The first-order valence-corrected chi connectivity index (χ1v) is 12.8. The number of nitrogens with one attached hydrogen (secondary N) is 2. The molecule has 0 spiro atoms. The Balaban J connectivity index is 1.80. The van der Waals surface area contributed by atoms with Gasteiger partial charge < -0.3 is 15.4 Å². The van der Waals surface area contributed by atoms with Crippen molar-refractivity contribution in [3.63, 3.8) is 0 Å². The lowest BCUT2D eigenvalue weighted by Crippen LogP contribution is -2.37. The van der Waals surface area contributed by atoms with E-state index in [4.69, 9.17) is 10.00 Å². The molecule has 1 aromatic carbocycles. The summed E-state index contributed by atoms with van der Waals surface area (Å²) in [5, 5.41) is 14.0. The molecule has 0 aromatic heterocycles. The summed E-state index contributed by atoms with van der Waals surface area (Å²) < 4.78 is 19.7. The van der Waals surface area contributed by atoms with E-state index in [1.165, 1.54) is 17.8 Å². The van der Waals surface area contributed by atoms with Crippen molar-refractivity contribution < 1.29 is 18.7 Å². The van der Waals surface area contributed by atoms with Gasteiger partial charge in [-0.05, 0) is 57.7 Å². The van der Waals surface area contributed by atoms with Crippen LogP contribution >= 0.6 is 23.5 Å². The van der Waals surface area contributed by atoms with Gasteiger partial charge in [0.2, 0.25) is 5.91 Å². The zero-order valence-corrected chi connectivity index (χ0v) is 20.5. The number of hydrogen-bond donors (Lipinski definition) is 2. The quantitative estimate of drug-likeness (QED) is 0.294. The van der Waals surface area contributed by atoms with Crippen LogP contribution in [0.4, 0.5) is 9.18 Å². The van der Waals surface area contributed by atoms with E-state index in [2.05, 4.69) is 10.6 Å². The molecule has 0 saturated heterocycles. The highest BCUT2D eigenvalue weighted by molar-refractivity contribution is 7.99. The van der Waals surface area contributed by atoms with Gasteiger partial charge in [-0.25, -0.2) is 9.18 Å². The lowest BCUT2D eigenvalue weighted by molar-refractivity contribution is -0.127. The fourth-order valence-electron chi connectivity index (χ4n) is 3.53. The van der Waals surface area contributed by atoms with Crippen LogP contribution in [0, 0.1) is 29.0 Å². The minimum atomic E-state index is -0.547. The van der Waals surface area contributed by atoms with Gasteiger partial charge in [-0.1, -0.05) is 12.8 Å². The predicted molar refractivity (Wildman–Crippen MR) is 126 cm³/mol. The first kappa shape index (κ1) is 26.3. The molecular weight excluding hydrogens is 449 g/mol. The lowest BCUT2D eigenvalue weighted by Gasteiger charge is -2.30. The van der Waals surface area contributed by atoms with E-state index in [1.807, 2.05) is 12.1 Å². The smallest absolute Gasteiger partial charge is 0.407 e. The summed E-state index contributed by atoms with van der Waals surface area (Å²) in [6.45, 7) is 5.82. The van der Waals surface area contributed by atoms with Gasteiger partial charge in [0, 0.05) is 33.8 Å². The number of alkyl carbamates (subject to hydrolysis) is 1. The van der Waals surface area contributed by atoms with Crippen LogP contribution in [0.25, 0.3) is 0 Å². The van der Waals surface area contributed by atoms with Crippen LogP contribution in [0.5, 0.6) is 0 Å². The SMILES string of the molecule is CC(C)(C)OC(=O)NCCSc1ccc(SCC2CCCCC2C(=O)NCC#N)cc1F. The molecule has 2 rings (SSSR count). The Kier molecular flexibility index (Phi) is 10.7. The van der Waals surface area contributed by atoms with E-state index >= 15 is 0 Å². The first-order valence-electron chi connectivity index (χ1n) is 10.9. The van der Waals surface area contributed by atoms with Crippen molar-refractivity contribution in [2.75, 3.05) is 24.6 Å². The van der Waals surface area contributed by atoms with Crippen LogP contribution < -0.4 is 10.6 Å². The molecule has 2 unspecified atom stereocenters. The summed E-state index contributed by atoms with van der Waals surface area (Å²) in [6.07, 6.45) is 3.44. The van der Waals surface area contributed by atoms with Gasteiger partial charge in [-0.15, -0.1) is 23.5 Å². The molecule has 176 valence electrons. The van der Waals surface area contributed by atoms with Crippen LogP contribution in [0.1, 0.15) is 46.5 Å². The highest BCUT2D eigenvalue weighted by Crippen LogP contribution is 2.35. The number of rotatable bonds is 9. The van der Waals surface area contributed by atoms with Crippen molar-refractivity contribution in [2.45, 2.75) is 61.8 Å². The van der Waals surface area contributed by atoms with Crippen LogP contribution in [0.3, 0.4) is 0 Å². The first-order chi connectivity index (χ1) is 15.2. The Hall–Kier alpha value is -1.92. The van der Waals surface area contributed by atoms with Crippen molar-refractivity contribution in [1.82, 2.24) is 10.6 Å². The van der Waals surface area contributed by atoms with E-state index in [9.17, 15) is 14.0 Å². The molecule has 2 N–H and O–H groups in total. The summed E-state index contributed by atoms with van der Waals surface area (Å²) in [5.74, 6) is 1.09. The molecule has 2 amide bonds. The molecule has 0 heterocycles. The summed E-state index contributed by atoms with van der Waals surface area (Å²) in [6, 6.07) is 7.13. The fraction of sp³-hybridized carbons (Fsp3) is 0.609. The topological polar surface area (TPSA) is 91.2 Å². The number of amides is 2. The molecule has 0 bridgehead atoms. The number of nitriles is 1. The highest BCUT2D eigenvalue weighted by Gasteiger charge is 2.30. The van der Waals surface area contributed by atoms with E-state index in [-0.39, 0.29) is 30.1 Å². The standard InChI is InChI=1S/C23H32FN3O3S2/c1-23(2,3)30-22(29)27-12-13-31-20-9-8-17(14-19(20)24)32-15-16-6-4-5-7-18(16)21(28)26-11-10-25/h8-9,14,16,18H,4-7,11-13,15H2,1-3H3,(H,26,28)(H,27,29). The van der Waals surface area contributed by atoms with Gasteiger partial charge >= 0.3 is 6.09 Å². The number of halogens is 1. The molecule has 2 atom stereocenters. The van der Waals surface area contributed by atoms with Crippen molar-refractivity contribution in [2.24, 2.45) is 11.8 Å². The van der Waals surface area contributed by atoms with Gasteiger partial charge in [-0.3, -0.25) is 4.79 Å². The maximum absolute atomic E-state index is 14.5. The summed E-state index contributed by atoms with van der Waals surface area (Å²) >= 11 is 2.90. The van der Waals surface area contributed by atoms with E-state index in [0.29, 0.717) is 17.2 Å². The Morgan fingerprint density at radius 2 is 1.97 bits per heavy atom. The van der Waals surface area contributed by atoms with Gasteiger partial charge in [0.25, 0.3) is 0 Å². The van der Waals surface area contributed by atoms with E-state index < -0.39 is 11.7 Å². The van der Waals surface area contributed by atoms with Crippen LogP contribution in [-0.2, 0) is 9.53 Å². The lowest BCUT2D eigenvalue weighted by atomic mass is 9.80. The van der Waals surface area contributed by atoms with Crippen molar-refractivity contribution in [3.8, 4) is 6.07 Å². The third-order valence-electron chi connectivity index (χ3n) is 4.98. The van der Waals surface area contributed by atoms with Gasteiger partial charge in [0.05, 0.1) is 6.07 Å². The van der Waals surface area contributed by atoms with Crippen molar-refractivity contribution >= 4 is 35.5 Å². The van der Waals surface area contributed by atoms with Crippen molar-refractivity contribution in [3.05, 3.63) is 24.0 Å². The summed E-state index contributed by atoms with van der Waals surface area (Å²) in [7, 11) is 0. The second-order valence-corrected chi connectivity index (χ2v) is 10.9. The van der Waals surface area contributed by atoms with Gasteiger partial charge in [-0.2, -0.15) is 5.26 Å². The molecule has 1 aromatic rings. The van der Waals surface area contributed by atoms with E-state index in [1.54, 1.807) is 38.6 Å². The molecule has 0 radical (unpaired) electrons.